The van der Waals surface area contributed by atoms with Gasteiger partial charge in [0.25, 0.3) is 0 Å². The van der Waals surface area contributed by atoms with E-state index in [1.807, 2.05) is 37.4 Å². The lowest BCUT2D eigenvalue weighted by Crippen LogP contribution is -2.39. The summed E-state index contributed by atoms with van der Waals surface area (Å²) in [5.41, 5.74) is 1.03. The highest BCUT2D eigenvalue weighted by Crippen LogP contribution is 2.24. The van der Waals surface area contributed by atoms with Crippen LogP contribution in [0.1, 0.15) is 25.5 Å². The SMILES string of the molecule is CC(C)N(C)[C@@H](c1ccccc1)[C@@H](O)CO. The van der Waals surface area contributed by atoms with Crippen molar-refractivity contribution in [2.24, 2.45) is 0 Å². The predicted molar refractivity (Wildman–Crippen MR) is 65.2 cm³/mol. The second-order valence-corrected chi connectivity index (χ2v) is 4.36. The minimum Gasteiger partial charge on any atom is -0.394 e. The fraction of sp³-hybridized carbons (Fsp3) is 0.538. The van der Waals surface area contributed by atoms with Crippen molar-refractivity contribution < 1.29 is 10.2 Å². The summed E-state index contributed by atoms with van der Waals surface area (Å²) in [5, 5.41) is 19.0. The van der Waals surface area contributed by atoms with Gasteiger partial charge in [-0.15, -0.1) is 0 Å². The molecule has 0 bridgehead atoms. The molecule has 0 saturated heterocycles. The second-order valence-electron chi connectivity index (χ2n) is 4.36. The Morgan fingerprint density at radius 1 is 1.19 bits per heavy atom. The number of likely N-dealkylation sites (N-methyl/N-ethyl adjacent to an activating group) is 1. The van der Waals surface area contributed by atoms with Crippen LogP contribution in [-0.4, -0.2) is 40.9 Å². The summed E-state index contributed by atoms with van der Waals surface area (Å²) < 4.78 is 0. The fourth-order valence-electron chi connectivity index (χ4n) is 1.80. The summed E-state index contributed by atoms with van der Waals surface area (Å²) in [4.78, 5) is 2.07. The lowest BCUT2D eigenvalue weighted by Gasteiger charge is -2.34. The van der Waals surface area contributed by atoms with E-state index in [4.69, 9.17) is 5.11 Å². The Balaban J connectivity index is 2.96. The molecule has 16 heavy (non-hydrogen) atoms. The van der Waals surface area contributed by atoms with Crippen LogP contribution in [0.15, 0.2) is 30.3 Å². The molecular formula is C13H21NO2. The van der Waals surface area contributed by atoms with Crippen LogP contribution in [0.25, 0.3) is 0 Å². The molecule has 0 spiro atoms. The average Bonchev–Trinajstić information content (AvgIpc) is 2.30. The molecule has 0 saturated carbocycles. The monoisotopic (exact) mass is 223 g/mol. The number of nitrogens with zero attached hydrogens (tertiary/aromatic N) is 1. The van der Waals surface area contributed by atoms with Gasteiger partial charge in [-0.25, -0.2) is 0 Å². The molecule has 0 fully saturated rings. The van der Waals surface area contributed by atoms with E-state index < -0.39 is 6.10 Å². The van der Waals surface area contributed by atoms with Crippen LogP contribution in [0.5, 0.6) is 0 Å². The molecule has 0 unspecified atom stereocenters. The fourth-order valence-corrected chi connectivity index (χ4v) is 1.80. The average molecular weight is 223 g/mol. The van der Waals surface area contributed by atoms with Crippen LogP contribution in [0, 0.1) is 0 Å². The highest BCUT2D eigenvalue weighted by molar-refractivity contribution is 5.20. The van der Waals surface area contributed by atoms with Crippen molar-refractivity contribution in [3.05, 3.63) is 35.9 Å². The lowest BCUT2D eigenvalue weighted by molar-refractivity contribution is 0.00885. The maximum atomic E-state index is 9.90. The molecule has 0 aliphatic rings. The summed E-state index contributed by atoms with van der Waals surface area (Å²) in [7, 11) is 1.96. The molecule has 0 heterocycles. The van der Waals surface area contributed by atoms with Crippen molar-refractivity contribution >= 4 is 0 Å². The molecule has 0 aliphatic heterocycles. The van der Waals surface area contributed by atoms with E-state index in [0.717, 1.165) is 5.56 Å². The Morgan fingerprint density at radius 2 is 1.75 bits per heavy atom. The molecule has 3 heteroatoms. The van der Waals surface area contributed by atoms with Crippen LogP contribution in [0.4, 0.5) is 0 Å². The Kier molecular flexibility index (Phi) is 4.93. The molecule has 1 aromatic carbocycles. The smallest absolute Gasteiger partial charge is 0.0967 e. The van der Waals surface area contributed by atoms with Gasteiger partial charge in [0.15, 0.2) is 0 Å². The lowest BCUT2D eigenvalue weighted by atomic mass is 9.99. The molecule has 90 valence electrons. The van der Waals surface area contributed by atoms with Crippen molar-refractivity contribution in [3.8, 4) is 0 Å². The van der Waals surface area contributed by atoms with Gasteiger partial charge >= 0.3 is 0 Å². The minimum atomic E-state index is -0.755. The van der Waals surface area contributed by atoms with Crippen molar-refractivity contribution in [1.29, 1.82) is 0 Å². The highest BCUT2D eigenvalue weighted by Gasteiger charge is 2.26. The molecule has 1 aromatic rings. The van der Waals surface area contributed by atoms with E-state index in [2.05, 4.69) is 18.7 Å². The Morgan fingerprint density at radius 3 is 2.19 bits per heavy atom. The number of benzene rings is 1. The van der Waals surface area contributed by atoms with E-state index in [9.17, 15) is 5.11 Å². The van der Waals surface area contributed by atoms with Crippen molar-refractivity contribution in [2.45, 2.75) is 32.0 Å². The molecule has 1 rings (SSSR count). The molecule has 0 aromatic heterocycles. The van der Waals surface area contributed by atoms with Crippen molar-refractivity contribution in [2.75, 3.05) is 13.7 Å². The van der Waals surface area contributed by atoms with Gasteiger partial charge in [-0.1, -0.05) is 30.3 Å². The normalized spacial score (nSPS) is 15.4. The zero-order valence-corrected chi connectivity index (χ0v) is 10.2. The zero-order valence-electron chi connectivity index (χ0n) is 10.2. The van der Waals surface area contributed by atoms with Crippen molar-refractivity contribution in [1.82, 2.24) is 4.90 Å². The third-order valence-corrected chi connectivity index (χ3v) is 2.95. The molecule has 2 N–H and O–H groups in total. The van der Waals surface area contributed by atoms with E-state index in [0.29, 0.717) is 6.04 Å². The maximum absolute atomic E-state index is 9.90. The molecule has 3 nitrogen and oxygen atoms in total. The van der Waals surface area contributed by atoms with Crippen LogP contribution in [0.2, 0.25) is 0 Å². The largest absolute Gasteiger partial charge is 0.394 e. The van der Waals surface area contributed by atoms with Crippen molar-refractivity contribution in [3.63, 3.8) is 0 Å². The van der Waals surface area contributed by atoms with Gasteiger partial charge in [0.05, 0.1) is 18.8 Å². The Labute approximate surface area is 97.3 Å². The number of aliphatic hydroxyl groups excluding tert-OH is 2. The number of hydrogen-bond donors (Lipinski definition) is 2. The Bertz CT molecular complexity index is 300. The summed E-state index contributed by atoms with van der Waals surface area (Å²) in [6, 6.07) is 9.94. The predicted octanol–water partition coefficient (Wildman–Crippen LogP) is 1.42. The van der Waals surface area contributed by atoms with Gasteiger partial charge in [-0.05, 0) is 26.5 Å². The van der Waals surface area contributed by atoms with Gasteiger partial charge in [-0.3, -0.25) is 4.90 Å². The second kappa shape index (κ2) is 5.99. The topological polar surface area (TPSA) is 43.7 Å². The molecule has 0 amide bonds. The van der Waals surface area contributed by atoms with Gasteiger partial charge < -0.3 is 10.2 Å². The first-order valence-corrected chi connectivity index (χ1v) is 5.63. The Hall–Kier alpha value is -0.900. The van der Waals surface area contributed by atoms with Crippen LogP contribution >= 0.6 is 0 Å². The zero-order chi connectivity index (χ0) is 12.1. The first kappa shape index (κ1) is 13.2. The van der Waals surface area contributed by atoms with Gasteiger partial charge in [0.1, 0.15) is 0 Å². The van der Waals surface area contributed by atoms with E-state index in [1.165, 1.54) is 0 Å². The van der Waals surface area contributed by atoms with Gasteiger partial charge in [0, 0.05) is 6.04 Å². The third-order valence-electron chi connectivity index (χ3n) is 2.95. The molecule has 0 radical (unpaired) electrons. The number of hydrogen-bond acceptors (Lipinski definition) is 3. The number of aliphatic hydroxyl groups is 2. The van der Waals surface area contributed by atoms with Crippen LogP contribution in [0.3, 0.4) is 0 Å². The first-order valence-electron chi connectivity index (χ1n) is 5.63. The highest BCUT2D eigenvalue weighted by atomic mass is 16.3. The minimum absolute atomic E-state index is 0.161. The first-order chi connectivity index (χ1) is 7.57. The maximum Gasteiger partial charge on any atom is 0.0967 e. The van der Waals surface area contributed by atoms with E-state index in [1.54, 1.807) is 0 Å². The molecule has 0 aliphatic carbocycles. The van der Waals surface area contributed by atoms with Crippen LogP contribution < -0.4 is 0 Å². The van der Waals surface area contributed by atoms with Gasteiger partial charge in [0.2, 0.25) is 0 Å². The quantitative estimate of drug-likeness (QED) is 0.793. The van der Waals surface area contributed by atoms with E-state index >= 15 is 0 Å². The van der Waals surface area contributed by atoms with Crippen LogP contribution in [-0.2, 0) is 0 Å². The van der Waals surface area contributed by atoms with E-state index in [-0.39, 0.29) is 12.6 Å². The summed E-state index contributed by atoms with van der Waals surface area (Å²) in [6.45, 7) is 3.91. The summed E-state index contributed by atoms with van der Waals surface area (Å²) >= 11 is 0. The molecular weight excluding hydrogens is 202 g/mol. The summed E-state index contributed by atoms with van der Waals surface area (Å²) in [5.74, 6) is 0. The summed E-state index contributed by atoms with van der Waals surface area (Å²) in [6.07, 6.45) is -0.755. The third kappa shape index (κ3) is 3.04. The molecule has 2 atom stereocenters. The standard InChI is InChI=1S/C13H21NO2/c1-10(2)14(3)13(12(16)9-15)11-7-5-4-6-8-11/h4-8,10,12-13,15-16H,9H2,1-3H3/t12-,13-/m0/s1. The number of rotatable bonds is 5. The van der Waals surface area contributed by atoms with Gasteiger partial charge in [-0.2, -0.15) is 0 Å².